The van der Waals surface area contributed by atoms with Crippen LogP contribution in [-0.2, 0) is 0 Å². The molecule has 104 valence electrons. The third-order valence-corrected chi connectivity index (χ3v) is 3.76. The van der Waals surface area contributed by atoms with Crippen molar-refractivity contribution in [3.8, 4) is 5.75 Å². The zero-order valence-corrected chi connectivity index (χ0v) is 11.5. The number of benzene rings is 1. The highest BCUT2D eigenvalue weighted by Crippen LogP contribution is 2.28. The second-order valence-electron chi connectivity index (χ2n) is 5.44. The highest BCUT2D eigenvalue weighted by atomic mass is 16.5. The molecule has 0 spiro atoms. The maximum Gasteiger partial charge on any atom is 0.159 e. The molecule has 0 aromatic heterocycles. The highest BCUT2D eigenvalue weighted by Gasteiger charge is 2.19. The van der Waals surface area contributed by atoms with Gasteiger partial charge in [-0.05, 0) is 31.4 Å². The van der Waals surface area contributed by atoms with E-state index in [-0.39, 0.29) is 5.78 Å². The molecule has 3 nitrogen and oxygen atoms in total. The van der Waals surface area contributed by atoms with Crippen LogP contribution in [0.1, 0.15) is 49.4 Å². The molecule has 1 aliphatic carbocycles. The van der Waals surface area contributed by atoms with Gasteiger partial charge in [-0.2, -0.15) is 0 Å². The number of ether oxygens (including phenoxy) is 1. The number of hydrogen-bond donors (Lipinski definition) is 1. The summed E-state index contributed by atoms with van der Waals surface area (Å²) in [6.45, 7) is 1.84. The summed E-state index contributed by atoms with van der Waals surface area (Å²) < 4.78 is 5.57. The lowest BCUT2D eigenvalue weighted by Crippen LogP contribution is -2.20. The summed E-state index contributed by atoms with van der Waals surface area (Å²) >= 11 is 0. The minimum Gasteiger partial charge on any atom is -0.491 e. The van der Waals surface area contributed by atoms with Crippen molar-refractivity contribution < 1.29 is 14.6 Å². The molecule has 1 N–H and O–H groups in total. The molecule has 1 aromatic carbocycles. The highest BCUT2D eigenvalue weighted by molar-refractivity contribution is 5.94. The van der Waals surface area contributed by atoms with Crippen LogP contribution in [0, 0.1) is 5.92 Å². The largest absolute Gasteiger partial charge is 0.491 e. The number of ketones is 1. The molecule has 1 atom stereocenters. The van der Waals surface area contributed by atoms with Gasteiger partial charge in [-0.25, -0.2) is 0 Å². The van der Waals surface area contributed by atoms with Gasteiger partial charge in [0, 0.05) is 5.56 Å². The number of Topliss-reactive ketones (excluding diaryl/α,β-unsaturated/α-hetero) is 1. The van der Waals surface area contributed by atoms with Crippen LogP contribution in [0.2, 0.25) is 0 Å². The minimum absolute atomic E-state index is 0.0250. The molecule has 1 saturated carbocycles. The van der Waals surface area contributed by atoms with Gasteiger partial charge in [0.05, 0.1) is 6.10 Å². The molecular weight excluding hydrogens is 240 g/mol. The van der Waals surface area contributed by atoms with Crippen LogP contribution >= 0.6 is 0 Å². The fraction of sp³-hybridized carbons (Fsp3) is 0.562. The molecule has 1 fully saturated rings. The topological polar surface area (TPSA) is 46.5 Å². The van der Waals surface area contributed by atoms with E-state index in [1.807, 2.05) is 6.07 Å². The fourth-order valence-electron chi connectivity index (χ4n) is 2.70. The summed E-state index contributed by atoms with van der Waals surface area (Å²) in [4.78, 5) is 11.3. The fourth-order valence-corrected chi connectivity index (χ4v) is 2.70. The molecular formula is C16H22O3. The number of carbonyl (C=O) groups excluding carboxylic acids is 1. The predicted octanol–water partition coefficient (Wildman–Crippen LogP) is 3.21. The van der Waals surface area contributed by atoms with E-state index in [9.17, 15) is 9.90 Å². The summed E-state index contributed by atoms with van der Waals surface area (Å²) in [5.41, 5.74) is 0.641. The van der Waals surface area contributed by atoms with Crippen molar-refractivity contribution >= 4 is 5.78 Å². The zero-order valence-electron chi connectivity index (χ0n) is 11.5. The van der Waals surface area contributed by atoms with E-state index in [0.29, 0.717) is 23.8 Å². The van der Waals surface area contributed by atoms with Crippen LogP contribution in [0.25, 0.3) is 0 Å². The van der Waals surface area contributed by atoms with Crippen molar-refractivity contribution in [2.75, 3.05) is 6.61 Å². The number of rotatable bonds is 6. The molecule has 0 bridgehead atoms. The van der Waals surface area contributed by atoms with Crippen molar-refractivity contribution in [3.05, 3.63) is 29.8 Å². The predicted molar refractivity (Wildman–Crippen MR) is 74.5 cm³/mol. The van der Waals surface area contributed by atoms with E-state index in [4.69, 9.17) is 4.74 Å². The van der Waals surface area contributed by atoms with Gasteiger partial charge in [-0.1, -0.05) is 37.8 Å². The summed E-state index contributed by atoms with van der Waals surface area (Å²) in [6, 6.07) is 7.11. The Labute approximate surface area is 114 Å². The Morgan fingerprint density at radius 2 is 2.16 bits per heavy atom. The molecule has 0 saturated heterocycles. The molecule has 0 heterocycles. The Morgan fingerprint density at radius 1 is 1.42 bits per heavy atom. The maximum absolute atomic E-state index is 11.3. The summed E-state index contributed by atoms with van der Waals surface area (Å²) in [7, 11) is 0. The Balaban J connectivity index is 1.80. The quantitative estimate of drug-likeness (QED) is 0.801. The second kappa shape index (κ2) is 6.71. The van der Waals surface area contributed by atoms with Gasteiger partial charge in [0.25, 0.3) is 0 Å². The van der Waals surface area contributed by atoms with E-state index in [2.05, 4.69) is 0 Å². The normalized spacial score (nSPS) is 17.4. The van der Waals surface area contributed by atoms with Crippen molar-refractivity contribution in [2.45, 2.75) is 45.1 Å². The van der Waals surface area contributed by atoms with E-state index < -0.39 is 6.10 Å². The van der Waals surface area contributed by atoms with Crippen LogP contribution in [0.15, 0.2) is 24.3 Å². The summed E-state index contributed by atoms with van der Waals surface area (Å²) in [5, 5.41) is 9.96. The Hall–Kier alpha value is -1.35. The molecule has 2 rings (SSSR count). The van der Waals surface area contributed by atoms with Gasteiger partial charge in [-0.15, -0.1) is 0 Å². The molecule has 3 heteroatoms. The SMILES string of the molecule is CC(=O)c1cccc(OCC(O)CC2CCCC2)c1. The van der Waals surface area contributed by atoms with Crippen LogP contribution < -0.4 is 4.74 Å². The number of carbonyl (C=O) groups is 1. The monoisotopic (exact) mass is 262 g/mol. The van der Waals surface area contributed by atoms with Crippen molar-refractivity contribution in [1.82, 2.24) is 0 Å². The molecule has 0 amide bonds. The lowest BCUT2D eigenvalue weighted by Gasteiger charge is -2.16. The smallest absolute Gasteiger partial charge is 0.159 e. The van der Waals surface area contributed by atoms with Crippen LogP contribution in [0.3, 0.4) is 0 Å². The molecule has 1 aliphatic rings. The Morgan fingerprint density at radius 3 is 2.84 bits per heavy atom. The number of hydrogen-bond acceptors (Lipinski definition) is 3. The first kappa shape index (κ1) is 14.1. The van der Waals surface area contributed by atoms with Gasteiger partial charge in [0.2, 0.25) is 0 Å². The molecule has 1 aromatic rings. The average Bonchev–Trinajstić information content (AvgIpc) is 2.89. The third-order valence-electron chi connectivity index (χ3n) is 3.76. The first-order chi connectivity index (χ1) is 9.15. The number of aliphatic hydroxyl groups excluding tert-OH is 1. The van der Waals surface area contributed by atoms with Crippen molar-refractivity contribution in [3.63, 3.8) is 0 Å². The van der Waals surface area contributed by atoms with Gasteiger partial charge in [0.15, 0.2) is 5.78 Å². The van der Waals surface area contributed by atoms with Crippen molar-refractivity contribution in [2.24, 2.45) is 5.92 Å². The van der Waals surface area contributed by atoms with Crippen molar-refractivity contribution in [1.29, 1.82) is 0 Å². The lowest BCUT2D eigenvalue weighted by atomic mass is 10.0. The van der Waals surface area contributed by atoms with Crippen LogP contribution in [0.5, 0.6) is 5.75 Å². The standard InChI is InChI=1S/C16H22O3/c1-12(17)14-7-4-8-16(10-14)19-11-15(18)9-13-5-2-3-6-13/h4,7-8,10,13,15,18H,2-3,5-6,9,11H2,1H3. The first-order valence-corrected chi connectivity index (χ1v) is 7.07. The summed E-state index contributed by atoms with van der Waals surface area (Å²) in [6.07, 6.45) is 5.46. The summed E-state index contributed by atoms with van der Waals surface area (Å²) in [5.74, 6) is 1.33. The third kappa shape index (κ3) is 4.35. The van der Waals surface area contributed by atoms with E-state index >= 15 is 0 Å². The zero-order chi connectivity index (χ0) is 13.7. The average molecular weight is 262 g/mol. The Bertz CT molecular complexity index is 422. The Kier molecular flexibility index (Phi) is 4.97. The number of aliphatic hydroxyl groups is 1. The van der Waals surface area contributed by atoms with E-state index in [0.717, 1.165) is 6.42 Å². The first-order valence-electron chi connectivity index (χ1n) is 7.07. The molecule has 19 heavy (non-hydrogen) atoms. The molecule has 0 radical (unpaired) electrons. The lowest BCUT2D eigenvalue weighted by molar-refractivity contribution is 0.0854. The van der Waals surface area contributed by atoms with Gasteiger partial charge in [-0.3, -0.25) is 4.79 Å². The molecule has 1 unspecified atom stereocenters. The molecule has 0 aliphatic heterocycles. The maximum atomic E-state index is 11.3. The van der Waals surface area contributed by atoms with Gasteiger partial charge < -0.3 is 9.84 Å². The van der Waals surface area contributed by atoms with Crippen LogP contribution in [-0.4, -0.2) is 23.6 Å². The van der Waals surface area contributed by atoms with Gasteiger partial charge in [0.1, 0.15) is 12.4 Å². The van der Waals surface area contributed by atoms with Crippen LogP contribution in [0.4, 0.5) is 0 Å². The van der Waals surface area contributed by atoms with E-state index in [1.165, 1.54) is 32.6 Å². The van der Waals surface area contributed by atoms with E-state index in [1.54, 1.807) is 18.2 Å². The second-order valence-corrected chi connectivity index (χ2v) is 5.44. The minimum atomic E-state index is -0.413. The van der Waals surface area contributed by atoms with Gasteiger partial charge >= 0.3 is 0 Å².